The van der Waals surface area contributed by atoms with E-state index in [1.165, 1.54) is 6.20 Å². The van der Waals surface area contributed by atoms with E-state index in [2.05, 4.69) is 25.5 Å². The number of aromatic nitrogens is 4. The van der Waals surface area contributed by atoms with Crippen LogP contribution >= 0.6 is 0 Å². The molecule has 2 unspecified atom stereocenters. The van der Waals surface area contributed by atoms with Gasteiger partial charge >= 0.3 is 6.03 Å². The topological polar surface area (TPSA) is 182 Å². The van der Waals surface area contributed by atoms with Gasteiger partial charge in [0, 0.05) is 0 Å². The van der Waals surface area contributed by atoms with Crippen LogP contribution in [0.15, 0.2) is 11.0 Å². The smallest absolute Gasteiger partial charge is 0.323 e. The first kappa shape index (κ1) is 13.7. The molecule has 2 atom stereocenters. The second-order valence-electron chi connectivity index (χ2n) is 4.42. The lowest BCUT2D eigenvalue weighted by Crippen LogP contribution is -2.61. The molecule has 22 heavy (non-hydrogen) atoms. The van der Waals surface area contributed by atoms with Crippen LogP contribution in [0.2, 0.25) is 0 Å². The number of hydrogen-bond donors (Lipinski definition) is 6. The summed E-state index contributed by atoms with van der Waals surface area (Å²) in [6.07, 6.45) is -0.426. The number of hydrogen-bond acceptors (Lipinski definition) is 7. The fourth-order valence-electron chi connectivity index (χ4n) is 1.95. The summed E-state index contributed by atoms with van der Waals surface area (Å²) >= 11 is 0. The Morgan fingerprint density at radius 2 is 2.09 bits per heavy atom. The Morgan fingerprint density at radius 1 is 1.32 bits per heavy atom. The molecule has 0 aliphatic carbocycles. The van der Waals surface area contributed by atoms with Crippen molar-refractivity contribution >= 4 is 34.8 Å². The number of aliphatic hydroxyl groups is 1. The van der Waals surface area contributed by atoms with E-state index >= 15 is 0 Å². The molecule has 2 aromatic heterocycles. The number of imide groups is 1. The van der Waals surface area contributed by atoms with Gasteiger partial charge in [0.15, 0.2) is 11.6 Å². The van der Waals surface area contributed by atoms with Crippen LogP contribution < -0.4 is 21.5 Å². The highest BCUT2D eigenvalue weighted by Gasteiger charge is 2.40. The number of nitrogens with zero attached hydrogens (tertiary/aromatic N) is 2. The number of nitrogens with one attached hydrogen (secondary N) is 5. The zero-order chi connectivity index (χ0) is 15.9. The molecule has 1 aliphatic rings. The van der Waals surface area contributed by atoms with Crippen molar-refractivity contribution in [2.24, 2.45) is 5.92 Å². The molecule has 6 N–H and O–H groups in total. The van der Waals surface area contributed by atoms with Crippen molar-refractivity contribution in [2.75, 3.05) is 5.32 Å². The van der Waals surface area contributed by atoms with Crippen molar-refractivity contribution in [3.05, 3.63) is 16.6 Å². The van der Waals surface area contributed by atoms with Gasteiger partial charge in [-0.25, -0.2) is 4.79 Å². The van der Waals surface area contributed by atoms with Crippen LogP contribution in [0.5, 0.6) is 0 Å². The second-order valence-corrected chi connectivity index (χ2v) is 4.42. The molecule has 2 aromatic rings. The van der Waals surface area contributed by atoms with Crippen molar-refractivity contribution in [3.63, 3.8) is 0 Å². The summed E-state index contributed by atoms with van der Waals surface area (Å²) in [7, 11) is 0. The Kier molecular flexibility index (Phi) is 3.06. The third kappa shape index (κ3) is 2.26. The summed E-state index contributed by atoms with van der Waals surface area (Å²) in [6, 6.07) is -0.910. The fourth-order valence-corrected chi connectivity index (χ4v) is 1.95. The molecule has 12 nitrogen and oxygen atoms in total. The molecule has 1 saturated heterocycles. The molecule has 0 saturated carbocycles. The zero-order valence-corrected chi connectivity index (χ0v) is 10.7. The highest BCUT2D eigenvalue weighted by atomic mass is 16.3. The van der Waals surface area contributed by atoms with Crippen LogP contribution in [0.4, 0.5) is 10.7 Å². The normalized spacial score (nSPS) is 21.3. The predicted molar refractivity (Wildman–Crippen MR) is 69.3 cm³/mol. The van der Waals surface area contributed by atoms with Crippen LogP contribution in [0, 0.1) is 5.92 Å². The molecule has 114 valence electrons. The second kappa shape index (κ2) is 4.92. The maximum Gasteiger partial charge on any atom is 0.323 e. The average molecular weight is 307 g/mol. The van der Waals surface area contributed by atoms with Crippen molar-refractivity contribution in [2.45, 2.75) is 6.23 Å². The minimum Gasteiger partial charge on any atom is -0.372 e. The number of rotatable bonds is 2. The highest BCUT2D eigenvalue weighted by molar-refractivity contribution is 6.12. The number of H-pyrrole nitrogens is 2. The van der Waals surface area contributed by atoms with E-state index in [1.807, 2.05) is 10.6 Å². The first-order valence-electron chi connectivity index (χ1n) is 5.99. The van der Waals surface area contributed by atoms with Crippen molar-refractivity contribution in [1.29, 1.82) is 0 Å². The Hall–Kier alpha value is -3.28. The molecule has 12 heteroatoms. The monoisotopic (exact) mass is 307 g/mol. The van der Waals surface area contributed by atoms with E-state index in [0.29, 0.717) is 0 Å². The van der Waals surface area contributed by atoms with Crippen molar-refractivity contribution in [3.8, 4) is 0 Å². The Morgan fingerprint density at radius 3 is 2.82 bits per heavy atom. The number of anilines is 1. The molecule has 0 bridgehead atoms. The van der Waals surface area contributed by atoms with Gasteiger partial charge in [0.2, 0.25) is 17.8 Å². The van der Waals surface area contributed by atoms with Crippen LogP contribution in [0.1, 0.15) is 0 Å². The highest BCUT2D eigenvalue weighted by Crippen LogP contribution is 2.10. The standard InChI is InChI=1S/C10H9N7O5/c18-5-2-1-11-17-4(2)12-9(13-5)14-6(19)3-7(20)15-10(22)16-8(3)21/h1,3,7,20H,(H2,15,16,21,22)(H3,11,12,13,14,17,18,19). The van der Waals surface area contributed by atoms with E-state index in [-0.39, 0.29) is 17.0 Å². The molecule has 0 spiro atoms. The summed E-state index contributed by atoms with van der Waals surface area (Å²) < 4.78 is 0. The van der Waals surface area contributed by atoms with E-state index in [4.69, 9.17) is 0 Å². The van der Waals surface area contributed by atoms with E-state index in [0.717, 1.165) is 0 Å². The molecule has 0 aromatic carbocycles. The molecule has 1 fully saturated rings. The lowest BCUT2D eigenvalue weighted by atomic mass is 10.0. The third-order valence-electron chi connectivity index (χ3n) is 2.96. The Bertz CT molecular complexity index is 840. The van der Waals surface area contributed by atoms with Crippen LogP contribution in [-0.2, 0) is 9.59 Å². The van der Waals surface area contributed by atoms with Crippen molar-refractivity contribution in [1.82, 2.24) is 30.8 Å². The number of carbonyl (C=O) groups excluding carboxylic acids is 3. The van der Waals surface area contributed by atoms with E-state index in [9.17, 15) is 24.3 Å². The van der Waals surface area contributed by atoms with Crippen LogP contribution in [0.25, 0.3) is 11.0 Å². The average Bonchev–Trinajstić information content (AvgIpc) is 2.85. The maximum absolute atomic E-state index is 12.0. The van der Waals surface area contributed by atoms with Gasteiger partial charge < -0.3 is 10.4 Å². The van der Waals surface area contributed by atoms with Crippen molar-refractivity contribution < 1.29 is 19.5 Å². The number of carbonyl (C=O) groups is 3. The SMILES string of the molecule is O=C1NC(=O)C(C(=O)Nc2nc3[nH]ncc3c(=O)[nH]2)C(O)N1. The number of aromatic amines is 2. The number of fused-ring (bicyclic) bond motifs is 1. The third-order valence-corrected chi connectivity index (χ3v) is 2.96. The number of aliphatic hydroxyl groups excluding tert-OH is 1. The largest absolute Gasteiger partial charge is 0.372 e. The van der Waals surface area contributed by atoms with Gasteiger partial charge in [0.05, 0.1) is 6.20 Å². The maximum atomic E-state index is 12.0. The lowest BCUT2D eigenvalue weighted by Gasteiger charge is -2.26. The van der Waals surface area contributed by atoms with Crippen LogP contribution in [0.3, 0.4) is 0 Å². The van der Waals surface area contributed by atoms with Gasteiger partial charge in [0.25, 0.3) is 5.56 Å². The van der Waals surface area contributed by atoms with Gasteiger partial charge in [-0.1, -0.05) is 0 Å². The molecule has 1 aliphatic heterocycles. The Balaban J connectivity index is 1.85. The quantitative estimate of drug-likeness (QED) is 0.327. The summed E-state index contributed by atoms with van der Waals surface area (Å²) in [6.45, 7) is 0. The molecule has 3 rings (SSSR count). The van der Waals surface area contributed by atoms with E-state index in [1.54, 1.807) is 0 Å². The van der Waals surface area contributed by atoms with Gasteiger partial charge in [-0.2, -0.15) is 10.1 Å². The molecular formula is C10H9N7O5. The summed E-state index contributed by atoms with van der Waals surface area (Å²) in [5.74, 6) is -3.74. The minimum atomic E-state index is -1.69. The molecule has 3 heterocycles. The van der Waals surface area contributed by atoms with Gasteiger partial charge in [-0.15, -0.1) is 0 Å². The molecule has 4 amide bonds. The summed E-state index contributed by atoms with van der Waals surface area (Å²) in [5.41, 5.74) is -0.406. The van der Waals surface area contributed by atoms with Gasteiger partial charge in [-0.3, -0.25) is 35.1 Å². The first-order valence-corrected chi connectivity index (χ1v) is 5.99. The number of urea groups is 1. The van der Waals surface area contributed by atoms with E-state index < -0.39 is 35.6 Å². The zero-order valence-electron chi connectivity index (χ0n) is 10.7. The molecule has 0 radical (unpaired) electrons. The lowest BCUT2D eigenvalue weighted by molar-refractivity contribution is -0.138. The molecular weight excluding hydrogens is 298 g/mol. The Labute approximate surface area is 120 Å². The predicted octanol–water partition coefficient (Wildman–Crippen LogP) is -2.64. The fraction of sp³-hybridized carbons (Fsp3) is 0.200. The summed E-state index contributed by atoms with van der Waals surface area (Å²) in [4.78, 5) is 52.4. The minimum absolute atomic E-state index is 0.140. The summed E-state index contributed by atoms with van der Waals surface area (Å²) in [5, 5.41) is 21.9. The van der Waals surface area contributed by atoms with Gasteiger partial charge in [0.1, 0.15) is 11.6 Å². The first-order chi connectivity index (χ1) is 10.5. The van der Waals surface area contributed by atoms with Crippen LogP contribution in [-0.4, -0.2) is 49.3 Å². The van der Waals surface area contributed by atoms with Gasteiger partial charge in [-0.05, 0) is 0 Å². The number of amides is 4.